The maximum atomic E-state index is 13.9. The highest BCUT2D eigenvalue weighted by Crippen LogP contribution is 2.40. The molecule has 0 spiro atoms. The van der Waals surface area contributed by atoms with Gasteiger partial charge in [0.25, 0.3) is 5.88 Å². The molecular formula is C16H26FN3O. The monoisotopic (exact) mass is 295 g/mol. The van der Waals surface area contributed by atoms with Crippen molar-refractivity contribution >= 4 is 5.95 Å². The van der Waals surface area contributed by atoms with Crippen LogP contribution >= 0.6 is 0 Å². The number of aromatic nitrogens is 2. The first-order valence-corrected chi connectivity index (χ1v) is 7.82. The molecule has 1 heterocycles. The predicted octanol–water partition coefficient (Wildman–Crippen LogP) is 4.03. The maximum absolute atomic E-state index is 13.9. The summed E-state index contributed by atoms with van der Waals surface area (Å²) < 4.78 is 19.7. The molecule has 4 nitrogen and oxygen atoms in total. The van der Waals surface area contributed by atoms with Crippen LogP contribution in [-0.2, 0) is 0 Å². The largest absolute Gasteiger partial charge is 0.472 e. The Morgan fingerprint density at radius 3 is 2.86 bits per heavy atom. The second-order valence-electron chi connectivity index (χ2n) is 6.93. The van der Waals surface area contributed by atoms with Gasteiger partial charge in [0.15, 0.2) is 0 Å². The van der Waals surface area contributed by atoms with Crippen LogP contribution in [0.1, 0.15) is 53.4 Å². The van der Waals surface area contributed by atoms with Crippen molar-refractivity contribution in [1.29, 1.82) is 0 Å². The molecule has 1 N–H and O–H groups in total. The zero-order chi connectivity index (χ0) is 15.5. The van der Waals surface area contributed by atoms with Gasteiger partial charge in [0, 0.05) is 6.54 Å². The molecule has 2 unspecified atom stereocenters. The van der Waals surface area contributed by atoms with Crippen LogP contribution in [0.15, 0.2) is 6.20 Å². The summed E-state index contributed by atoms with van der Waals surface area (Å²) in [4.78, 5) is 8.09. The zero-order valence-electron chi connectivity index (χ0n) is 13.4. The summed E-state index contributed by atoms with van der Waals surface area (Å²) in [6.45, 7) is 9.52. The number of halogens is 1. The summed E-state index contributed by atoms with van der Waals surface area (Å²) in [5.41, 5.74) is 0.231. The quantitative estimate of drug-likeness (QED) is 0.891. The third kappa shape index (κ3) is 4.55. The molecule has 1 fully saturated rings. The van der Waals surface area contributed by atoms with Crippen molar-refractivity contribution in [2.75, 3.05) is 11.9 Å². The minimum Gasteiger partial charge on any atom is -0.472 e. The van der Waals surface area contributed by atoms with Gasteiger partial charge in [0.2, 0.25) is 11.8 Å². The number of hydrogen-bond acceptors (Lipinski definition) is 4. The van der Waals surface area contributed by atoms with Crippen LogP contribution in [0.25, 0.3) is 0 Å². The van der Waals surface area contributed by atoms with Crippen molar-refractivity contribution in [3.05, 3.63) is 12.0 Å². The first kappa shape index (κ1) is 16.0. The summed E-state index contributed by atoms with van der Waals surface area (Å²) in [7, 11) is 0. The van der Waals surface area contributed by atoms with Crippen LogP contribution in [0.5, 0.6) is 5.88 Å². The third-order valence-electron chi connectivity index (χ3n) is 3.87. The van der Waals surface area contributed by atoms with E-state index in [1.807, 2.05) is 0 Å². The molecule has 1 aliphatic rings. The average Bonchev–Trinajstić information content (AvgIpc) is 2.37. The lowest BCUT2D eigenvalue weighted by atomic mass is 9.71. The predicted molar refractivity (Wildman–Crippen MR) is 82.0 cm³/mol. The summed E-state index contributed by atoms with van der Waals surface area (Å²) in [6, 6.07) is 0. The van der Waals surface area contributed by atoms with E-state index in [-0.39, 0.29) is 17.4 Å². The van der Waals surface area contributed by atoms with Crippen LogP contribution in [0.2, 0.25) is 0 Å². The van der Waals surface area contributed by atoms with Crippen molar-refractivity contribution < 1.29 is 9.13 Å². The van der Waals surface area contributed by atoms with Gasteiger partial charge < -0.3 is 10.1 Å². The summed E-state index contributed by atoms with van der Waals surface area (Å²) in [5.74, 6) is 0.587. The Labute approximate surface area is 126 Å². The SMILES string of the molecule is CCCNc1ncc(F)c(OC2CC(C)CC(C)(C)C2)n1. The molecule has 2 atom stereocenters. The summed E-state index contributed by atoms with van der Waals surface area (Å²) in [5, 5.41) is 3.06. The maximum Gasteiger partial charge on any atom is 0.255 e. The van der Waals surface area contributed by atoms with Gasteiger partial charge in [-0.3, -0.25) is 0 Å². The van der Waals surface area contributed by atoms with Crippen LogP contribution in [0.4, 0.5) is 10.3 Å². The Morgan fingerprint density at radius 2 is 2.19 bits per heavy atom. The lowest BCUT2D eigenvalue weighted by Crippen LogP contribution is -2.34. The van der Waals surface area contributed by atoms with Crippen molar-refractivity contribution in [3.8, 4) is 5.88 Å². The molecule has 0 radical (unpaired) electrons. The topological polar surface area (TPSA) is 47.0 Å². The molecule has 0 aromatic carbocycles. The van der Waals surface area contributed by atoms with E-state index in [2.05, 4.69) is 43.0 Å². The molecule has 1 saturated carbocycles. The van der Waals surface area contributed by atoms with Gasteiger partial charge in [0.1, 0.15) is 6.10 Å². The van der Waals surface area contributed by atoms with E-state index in [1.165, 1.54) is 12.6 Å². The first-order valence-electron chi connectivity index (χ1n) is 7.82. The Kier molecular flexibility index (Phi) is 5.01. The summed E-state index contributed by atoms with van der Waals surface area (Å²) in [6.07, 6.45) is 5.22. The van der Waals surface area contributed by atoms with Gasteiger partial charge in [0.05, 0.1) is 6.20 Å². The molecule has 1 aliphatic carbocycles. The Hall–Kier alpha value is -1.39. The molecule has 1 aromatic rings. The van der Waals surface area contributed by atoms with Crippen molar-refractivity contribution in [2.45, 2.75) is 59.5 Å². The van der Waals surface area contributed by atoms with E-state index in [9.17, 15) is 4.39 Å². The number of anilines is 1. The molecule has 0 amide bonds. The molecule has 1 aromatic heterocycles. The van der Waals surface area contributed by atoms with Crippen molar-refractivity contribution in [2.24, 2.45) is 11.3 Å². The molecule has 21 heavy (non-hydrogen) atoms. The van der Waals surface area contributed by atoms with Gasteiger partial charge in [-0.2, -0.15) is 9.37 Å². The Morgan fingerprint density at radius 1 is 1.43 bits per heavy atom. The Balaban J connectivity index is 2.07. The standard InChI is InChI=1S/C16H26FN3O/c1-5-6-18-15-19-10-13(17)14(20-15)21-12-7-11(2)8-16(3,4)9-12/h10-12H,5-9H2,1-4H3,(H,18,19,20). The number of rotatable bonds is 5. The van der Waals surface area contributed by atoms with E-state index < -0.39 is 5.82 Å². The van der Waals surface area contributed by atoms with Gasteiger partial charge in [-0.1, -0.05) is 27.7 Å². The fraction of sp³-hybridized carbons (Fsp3) is 0.750. The highest BCUT2D eigenvalue weighted by atomic mass is 19.1. The number of ether oxygens (including phenoxy) is 1. The molecule has 0 aliphatic heterocycles. The minimum absolute atomic E-state index is 0.0205. The normalized spacial score (nSPS) is 24.6. The smallest absolute Gasteiger partial charge is 0.255 e. The van der Waals surface area contributed by atoms with Gasteiger partial charge in [-0.05, 0) is 37.0 Å². The lowest BCUT2D eigenvalue weighted by molar-refractivity contribution is 0.0503. The number of nitrogens with one attached hydrogen (secondary N) is 1. The Bertz CT molecular complexity index is 479. The zero-order valence-corrected chi connectivity index (χ0v) is 13.4. The fourth-order valence-electron chi connectivity index (χ4n) is 3.26. The van der Waals surface area contributed by atoms with Gasteiger partial charge in [-0.25, -0.2) is 4.98 Å². The van der Waals surface area contributed by atoms with Crippen LogP contribution in [0.3, 0.4) is 0 Å². The van der Waals surface area contributed by atoms with Crippen LogP contribution < -0.4 is 10.1 Å². The molecule has 5 heteroatoms. The van der Waals surface area contributed by atoms with E-state index in [1.54, 1.807) is 0 Å². The molecule has 2 rings (SSSR count). The minimum atomic E-state index is -0.493. The number of nitrogens with zero attached hydrogens (tertiary/aromatic N) is 2. The van der Waals surface area contributed by atoms with Crippen LogP contribution in [-0.4, -0.2) is 22.6 Å². The third-order valence-corrected chi connectivity index (χ3v) is 3.87. The van der Waals surface area contributed by atoms with Crippen molar-refractivity contribution in [3.63, 3.8) is 0 Å². The molecule has 0 saturated heterocycles. The number of hydrogen-bond donors (Lipinski definition) is 1. The lowest BCUT2D eigenvalue weighted by Gasteiger charge is -2.38. The second-order valence-corrected chi connectivity index (χ2v) is 6.93. The average molecular weight is 295 g/mol. The first-order chi connectivity index (χ1) is 9.89. The van der Waals surface area contributed by atoms with Gasteiger partial charge in [-0.15, -0.1) is 0 Å². The van der Waals surface area contributed by atoms with E-state index in [0.29, 0.717) is 11.9 Å². The molecular weight excluding hydrogens is 269 g/mol. The van der Waals surface area contributed by atoms with Crippen LogP contribution in [0, 0.1) is 17.2 Å². The molecule has 0 bridgehead atoms. The second kappa shape index (κ2) is 6.58. The highest BCUT2D eigenvalue weighted by Gasteiger charge is 2.33. The molecule has 118 valence electrons. The van der Waals surface area contributed by atoms with E-state index >= 15 is 0 Å². The highest BCUT2D eigenvalue weighted by molar-refractivity contribution is 5.28. The van der Waals surface area contributed by atoms with Crippen molar-refractivity contribution in [1.82, 2.24) is 9.97 Å². The van der Waals surface area contributed by atoms with Gasteiger partial charge >= 0.3 is 0 Å². The van der Waals surface area contributed by atoms with E-state index in [0.717, 1.165) is 25.8 Å². The summed E-state index contributed by atoms with van der Waals surface area (Å²) >= 11 is 0. The fourth-order valence-corrected chi connectivity index (χ4v) is 3.26. The van der Waals surface area contributed by atoms with E-state index in [4.69, 9.17) is 4.74 Å².